The Labute approximate surface area is 115 Å². The van der Waals surface area contributed by atoms with Gasteiger partial charge in [0, 0.05) is 0 Å². The van der Waals surface area contributed by atoms with Crippen LogP contribution in [-0.2, 0) is 6.54 Å². The molecule has 0 bridgehead atoms. The molecule has 3 rings (SSSR count). The van der Waals surface area contributed by atoms with Gasteiger partial charge in [-0.05, 0) is 24.3 Å². The van der Waals surface area contributed by atoms with Gasteiger partial charge in [0.2, 0.25) is 0 Å². The van der Waals surface area contributed by atoms with E-state index in [1.54, 1.807) is 12.3 Å². The highest BCUT2D eigenvalue weighted by atomic mass is 35.5. The predicted octanol–water partition coefficient (Wildman–Crippen LogP) is 3.29. The third kappa shape index (κ3) is 2.80. The van der Waals surface area contributed by atoms with E-state index in [1.807, 2.05) is 36.4 Å². The van der Waals surface area contributed by atoms with Gasteiger partial charge in [0.05, 0.1) is 29.5 Å². The van der Waals surface area contributed by atoms with Crippen LogP contribution in [0.15, 0.2) is 48.7 Å². The third-order valence-electron chi connectivity index (χ3n) is 2.66. The Hall–Kier alpha value is -2.20. The average molecular weight is 271 g/mol. The van der Waals surface area contributed by atoms with E-state index in [0.717, 1.165) is 22.5 Å². The molecule has 4 nitrogen and oxygen atoms in total. The van der Waals surface area contributed by atoms with Crippen molar-refractivity contribution in [1.29, 1.82) is 0 Å². The van der Waals surface area contributed by atoms with E-state index in [1.165, 1.54) is 0 Å². The number of nitrogens with zero attached hydrogens (tertiary/aromatic N) is 3. The highest BCUT2D eigenvalue weighted by molar-refractivity contribution is 6.29. The molecule has 0 saturated heterocycles. The number of nitrogens with one attached hydrogen (secondary N) is 1. The van der Waals surface area contributed by atoms with Crippen molar-refractivity contribution in [3.05, 3.63) is 59.5 Å². The molecule has 0 radical (unpaired) electrons. The van der Waals surface area contributed by atoms with E-state index < -0.39 is 0 Å². The van der Waals surface area contributed by atoms with Gasteiger partial charge >= 0.3 is 0 Å². The lowest BCUT2D eigenvalue weighted by Crippen LogP contribution is -2.03. The number of para-hydroxylation sites is 2. The van der Waals surface area contributed by atoms with Gasteiger partial charge in [-0.25, -0.2) is 9.97 Å². The monoisotopic (exact) mass is 270 g/mol. The molecular formula is C14H11ClN4. The van der Waals surface area contributed by atoms with Crippen molar-refractivity contribution in [2.75, 3.05) is 5.32 Å². The Morgan fingerprint density at radius 3 is 2.63 bits per heavy atom. The normalized spacial score (nSPS) is 10.6. The fraction of sp³-hybridized carbons (Fsp3) is 0.0714. The van der Waals surface area contributed by atoms with E-state index in [0.29, 0.717) is 11.7 Å². The van der Waals surface area contributed by atoms with Gasteiger partial charge in [-0.2, -0.15) is 0 Å². The van der Waals surface area contributed by atoms with Gasteiger partial charge in [0.15, 0.2) is 0 Å². The fourth-order valence-corrected chi connectivity index (χ4v) is 1.93. The van der Waals surface area contributed by atoms with Crippen molar-refractivity contribution in [3.8, 4) is 0 Å². The number of pyridine rings is 1. The molecule has 0 fully saturated rings. The minimum Gasteiger partial charge on any atom is -0.364 e. The van der Waals surface area contributed by atoms with E-state index in [9.17, 15) is 0 Å². The molecule has 5 heteroatoms. The summed E-state index contributed by atoms with van der Waals surface area (Å²) in [6.45, 7) is 0.561. The minimum atomic E-state index is 0.467. The molecule has 0 amide bonds. The molecule has 0 aliphatic heterocycles. The second-order valence-electron chi connectivity index (χ2n) is 4.05. The Bertz CT molecular complexity index is 714. The molecule has 1 N–H and O–H groups in total. The topological polar surface area (TPSA) is 50.7 Å². The number of anilines is 1. The Morgan fingerprint density at radius 2 is 1.79 bits per heavy atom. The number of fused-ring (bicyclic) bond motifs is 1. The van der Waals surface area contributed by atoms with Crippen LogP contribution in [0.25, 0.3) is 11.0 Å². The smallest absolute Gasteiger partial charge is 0.131 e. The van der Waals surface area contributed by atoms with E-state index in [-0.39, 0.29) is 0 Å². The summed E-state index contributed by atoms with van der Waals surface area (Å²) in [6, 6.07) is 13.2. The Kier molecular flexibility index (Phi) is 3.25. The fourth-order valence-electron chi connectivity index (χ4n) is 1.77. The lowest BCUT2D eigenvalue weighted by atomic mass is 10.3. The molecule has 0 unspecified atom stereocenters. The van der Waals surface area contributed by atoms with Crippen LogP contribution in [0.4, 0.5) is 5.82 Å². The molecule has 2 heterocycles. The van der Waals surface area contributed by atoms with Gasteiger partial charge in [0.1, 0.15) is 11.0 Å². The van der Waals surface area contributed by atoms with Crippen molar-refractivity contribution >= 4 is 28.5 Å². The maximum absolute atomic E-state index is 5.83. The van der Waals surface area contributed by atoms with E-state index in [4.69, 9.17) is 11.6 Å². The molecule has 0 aliphatic carbocycles. The van der Waals surface area contributed by atoms with Gasteiger partial charge in [0.25, 0.3) is 0 Å². The number of halogens is 1. The van der Waals surface area contributed by atoms with Crippen molar-refractivity contribution in [1.82, 2.24) is 15.0 Å². The summed E-state index contributed by atoms with van der Waals surface area (Å²) in [5, 5.41) is 3.64. The van der Waals surface area contributed by atoms with Gasteiger partial charge in [-0.15, -0.1) is 0 Å². The first-order valence-corrected chi connectivity index (χ1v) is 6.26. The van der Waals surface area contributed by atoms with Crippen LogP contribution >= 0.6 is 11.6 Å². The molecule has 0 atom stereocenters. The molecular weight excluding hydrogens is 260 g/mol. The van der Waals surface area contributed by atoms with Gasteiger partial charge in [-0.3, -0.25) is 4.98 Å². The zero-order chi connectivity index (χ0) is 13.1. The highest BCUT2D eigenvalue weighted by Gasteiger charge is 2.00. The summed E-state index contributed by atoms with van der Waals surface area (Å²) in [7, 11) is 0. The first-order valence-electron chi connectivity index (χ1n) is 5.88. The maximum atomic E-state index is 5.83. The molecule has 1 aromatic carbocycles. The molecule has 0 spiro atoms. The van der Waals surface area contributed by atoms with Crippen LogP contribution in [-0.4, -0.2) is 15.0 Å². The summed E-state index contributed by atoms with van der Waals surface area (Å²) in [4.78, 5) is 13.0. The number of hydrogen-bond acceptors (Lipinski definition) is 4. The minimum absolute atomic E-state index is 0.467. The third-order valence-corrected chi connectivity index (χ3v) is 2.87. The second-order valence-corrected chi connectivity index (χ2v) is 4.44. The highest BCUT2D eigenvalue weighted by Crippen LogP contribution is 2.12. The summed E-state index contributed by atoms with van der Waals surface area (Å²) in [5.41, 5.74) is 2.65. The molecule has 0 aliphatic rings. The summed E-state index contributed by atoms with van der Waals surface area (Å²) in [5.74, 6) is 0.724. The molecule has 19 heavy (non-hydrogen) atoms. The SMILES string of the molecule is Clc1cccc(NCc2cnc3ccccc3n2)n1. The van der Waals surface area contributed by atoms with Crippen molar-refractivity contribution < 1.29 is 0 Å². The molecule has 3 aromatic rings. The first-order chi connectivity index (χ1) is 9.31. The summed E-state index contributed by atoms with van der Waals surface area (Å²) < 4.78 is 0. The van der Waals surface area contributed by atoms with Crippen LogP contribution in [0.1, 0.15) is 5.69 Å². The standard InChI is InChI=1S/C14H11ClN4/c15-13-6-3-7-14(19-13)17-9-10-8-16-11-4-1-2-5-12(11)18-10/h1-8H,9H2,(H,17,19). The summed E-state index contributed by atoms with van der Waals surface area (Å²) >= 11 is 5.83. The van der Waals surface area contributed by atoms with Crippen LogP contribution in [0.5, 0.6) is 0 Å². The van der Waals surface area contributed by atoms with E-state index >= 15 is 0 Å². The van der Waals surface area contributed by atoms with Crippen LogP contribution in [0, 0.1) is 0 Å². The van der Waals surface area contributed by atoms with Gasteiger partial charge in [-0.1, -0.05) is 29.8 Å². The maximum Gasteiger partial charge on any atom is 0.131 e. The van der Waals surface area contributed by atoms with Crippen molar-refractivity contribution in [2.24, 2.45) is 0 Å². The number of rotatable bonds is 3. The van der Waals surface area contributed by atoms with Crippen LogP contribution in [0.3, 0.4) is 0 Å². The first kappa shape index (κ1) is 11.9. The number of benzene rings is 1. The molecule has 2 aromatic heterocycles. The van der Waals surface area contributed by atoms with Gasteiger partial charge < -0.3 is 5.32 Å². The number of hydrogen-bond donors (Lipinski definition) is 1. The zero-order valence-corrected chi connectivity index (χ0v) is 10.8. The lowest BCUT2D eigenvalue weighted by Gasteiger charge is -2.05. The zero-order valence-electron chi connectivity index (χ0n) is 10.0. The Morgan fingerprint density at radius 1 is 0.947 bits per heavy atom. The van der Waals surface area contributed by atoms with Crippen molar-refractivity contribution in [3.63, 3.8) is 0 Å². The quantitative estimate of drug-likeness (QED) is 0.742. The van der Waals surface area contributed by atoms with Crippen LogP contribution < -0.4 is 5.32 Å². The number of aromatic nitrogens is 3. The summed E-state index contributed by atoms with van der Waals surface area (Å²) in [6.07, 6.45) is 1.76. The van der Waals surface area contributed by atoms with E-state index in [2.05, 4.69) is 20.3 Å². The molecule has 0 saturated carbocycles. The lowest BCUT2D eigenvalue weighted by molar-refractivity contribution is 1.03. The average Bonchev–Trinajstić information content (AvgIpc) is 2.45. The van der Waals surface area contributed by atoms with Crippen LogP contribution in [0.2, 0.25) is 5.15 Å². The molecule has 94 valence electrons. The second kappa shape index (κ2) is 5.20. The van der Waals surface area contributed by atoms with Crippen molar-refractivity contribution in [2.45, 2.75) is 6.54 Å². The predicted molar refractivity (Wildman–Crippen MR) is 76.1 cm³/mol. The Balaban J connectivity index is 1.78. The largest absolute Gasteiger partial charge is 0.364 e.